The molecular weight excluding hydrogens is 236 g/mol. The van der Waals surface area contributed by atoms with Crippen molar-refractivity contribution in [3.05, 3.63) is 11.5 Å². The molecule has 0 unspecified atom stereocenters. The normalized spacial score (nSPS) is 13.7. The lowest BCUT2D eigenvalue weighted by Crippen LogP contribution is -2.09. The third kappa shape index (κ3) is 14.3. The first-order valence-electron chi connectivity index (χ1n) is 4.72. The maximum Gasteiger partial charge on any atom is 0.0701 e. The molecule has 0 bridgehead atoms. The molecule has 1 heterocycles. The van der Waals surface area contributed by atoms with Crippen LogP contribution in [0.5, 0.6) is 0 Å². The van der Waals surface area contributed by atoms with Crippen LogP contribution in [0.4, 0.5) is 0 Å². The molecular formula is C9H18O4S2. The van der Waals surface area contributed by atoms with E-state index < -0.39 is 0 Å². The Morgan fingerprint density at radius 2 is 1.60 bits per heavy atom. The second kappa shape index (κ2) is 14.3. The maximum atomic E-state index is 8.26. The minimum Gasteiger partial charge on any atom is -0.394 e. The zero-order valence-corrected chi connectivity index (χ0v) is 10.3. The van der Waals surface area contributed by atoms with Gasteiger partial charge in [0.1, 0.15) is 0 Å². The summed E-state index contributed by atoms with van der Waals surface area (Å²) in [5.74, 6) is 1.20. The summed E-state index contributed by atoms with van der Waals surface area (Å²) in [6.07, 6.45) is 2.16. The highest BCUT2D eigenvalue weighted by molar-refractivity contribution is 8.78. The summed E-state index contributed by atoms with van der Waals surface area (Å²) >= 11 is 0. The largest absolute Gasteiger partial charge is 0.394 e. The van der Waals surface area contributed by atoms with E-state index in [1.807, 2.05) is 21.6 Å². The smallest absolute Gasteiger partial charge is 0.0701 e. The van der Waals surface area contributed by atoms with Crippen molar-refractivity contribution in [2.75, 3.05) is 45.4 Å². The van der Waals surface area contributed by atoms with Crippen LogP contribution in [0.3, 0.4) is 0 Å². The summed E-state index contributed by atoms with van der Waals surface area (Å²) < 4.78 is 9.75. The highest BCUT2D eigenvalue weighted by Crippen LogP contribution is 2.27. The molecule has 0 aliphatic carbocycles. The van der Waals surface area contributed by atoms with Crippen molar-refractivity contribution >= 4 is 21.6 Å². The van der Waals surface area contributed by atoms with E-state index in [2.05, 4.69) is 11.5 Å². The fourth-order valence-electron chi connectivity index (χ4n) is 0.647. The molecule has 0 amide bonds. The molecule has 6 heteroatoms. The molecule has 0 aromatic heterocycles. The predicted molar refractivity (Wildman–Crippen MR) is 65.0 cm³/mol. The summed E-state index contributed by atoms with van der Waals surface area (Å²) in [7, 11) is 3.69. The fourth-order valence-corrected chi connectivity index (χ4v) is 2.22. The van der Waals surface area contributed by atoms with E-state index in [1.54, 1.807) is 0 Å². The Kier molecular flexibility index (Phi) is 14.5. The van der Waals surface area contributed by atoms with Gasteiger partial charge in [-0.3, -0.25) is 0 Å². The number of hydrogen-bond donors (Lipinski definition) is 2. The first kappa shape index (κ1) is 15.3. The molecule has 15 heavy (non-hydrogen) atoms. The van der Waals surface area contributed by atoms with E-state index in [-0.39, 0.29) is 13.2 Å². The Hall–Kier alpha value is 0.280. The van der Waals surface area contributed by atoms with Crippen molar-refractivity contribution in [1.82, 2.24) is 0 Å². The van der Waals surface area contributed by atoms with Gasteiger partial charge in [-0.25, -0.2) is 0 Å². The van der Waals surface area contributed by atoms with Crippen LogP contribution in [0.2, 0.25) is 0 Å². The summed E-state index contributed by atoms with van der Waals surface area (Å²) in [5, 5.41) is 18.6. The number of aliphatic hydroxyl groups excluding tert-OH is 2. The lowest BCUT2D eigenvalue weighted by molar-refractivity contribution is 0.0222. The Labute approximate surface area is 98.4 Å². The van der Waals surface area contributed by atoms with Crippen molar-refractivity contribution in [2.45, 2.75) is 0 Å². The lowest BCUT2D eigenvalue weighted by Gasteiger charge is -2.01. The van der Waals surface area contributed by atoms with Gasteiger partial charge in [-0.15, -0.1) is 0 Å². The van der Waals surface area contributed by atoms with Gasteiger partial charge in [0.05, 0.1) is 39.6 Å². The van der Waals surface area contributed by atoms with Crippen LogP contribution in [-0.4, -0.2) is 55.6 Å². The molecule has 0 saturated heterocycles. The third-order valence-corrected chi connectivity index (χ3v) is 3.15. The summed E-state index contributed by atoms with van der Waals surface area (Å²) in [5.41, 5.74) is 0. The summed E-state index contributed by atoms with van der Waals surface area (Å²) in [6.45, 7) is 1.73. The van der Waals surface area contributed by atoms with Gasteiger partial charge in [0.2, 0.25) is 0 Å². The predicted octanol–water partition coefficient (Wildman–Crippen LogP) is 0.899. The van der Waals surface area contributed by atoms with E-state index in [4.69, 9.17) is 19.7 Å². The number of hydrogen-bond acceptors (Lipinski definition) is 6. The highest BCUT2D eigenvalue weighted by atomic mass is 33.1. The second-order valence-electron chi connectivity index (χ2n) is 2.42. The van der Waals surface area contributed by atoms with Crippen LogP contribution >= 0.6 is 21.6 Å². The van der Waals surface area contributed by atoms with Gasteiger partial charge >= 0.3 is 0 Å². The molecule has 1 rings (SSSR count). The van der Waals surface area contributed by atoms with E-state index in [9.17, 15) is 0 Å². The highest BCUT2D eigenvalue weighted by Gasteiger charge is 1.87. The topological polar surface area (TPSA) is 58.9 Å². The maximum absolute atomic E-state index is 8.26. The first-order valence-corrected chi connectivity index (χ1v) is 7.10. The molecule has 0 fully saturated rings. The van der Waals surface area contributed by atoms with Crippen LogP contribution in [0.25, 0.3) is 0 Å². The van der Waals surface area contributed by atoms with E-state index >= 15 is 0 Å². The number of rotatable bonds is 7. The Balaban J connectivity index is 0.000000322. The number of ether oxygens (including phenoxy) is 2. The Bertz CT molecular complexity index is 130. The molecule has 0 spiro atoms. The van der Waals surface area contributed by atoms with Gasteiger partial charge in [-0.2, -0.15) is 0 Å². The van der Waals surface area contributed by atoms with Crippen LogP contribution in [0.15, 0.2) is 11.5 Å². The number of aliphatic hydroxyl groups is 2. The minimum absolute atomic E-state index is 0.0417. The van der Waals surface area contributed by atoms with E-state index in [1.165, 1.54) is 5.75 Å². The van der Waals surface area contributed by atoms with Crippen molar-refractivity contribution in [1.29, 1.82) is 0 Å². The van der Waals surface area contributed by atoms with Crippen LogP contribution < -0.4 is 0 Å². The SMILES string of the molecule is C1=CSSC1.OCCOCCOCCO. The second-order valence-corrected chi connectivity index (χ2v) is 4.74. The summed E-state index contributed by atoms with van der Waals surface area (Å²) in [6, 6.07) is 0. The van der Waals surface area contributed by atoms with Crippen molar-refractivity contribution < 1.29 is 19.7 Å². The molecule has 4 nitrogen and oxygen atoms in total. The molecule has 0 radical (unpaired) electrons. The van der Waals surface area contributed by atoms with Gasteiger partial charge in [-0.05, 0) is 5.41 Å². The Morgan fingerprint density at radius 3 is 1.87 bits per heavy atom. The zero-order valence-electron chi connectivity index (χ0n) is 8.63. The summed E-state index contributed by atoms with van der Waals surface area (Å²) in [4.78, 5) is 0. The van der Waals surface area contributed by atoms with Gasteiger partial charge in [-0.1, -0.05) is 27.7 Å². The molecule has 1 aliphatic heterocycles. The van der Waals surface area contributed by atoms with Gasteiger partial charge < -0.3 is 19.7 Å². The molecule has 1 aliphatic rings. The molecule has 0 atom stereocenters. The molecule has 2 N–H and O–H groups in total. The fraction of sp³-hybridized carbons (Fsp3) is 0.778. The van der Waals surface area contributed by atoms with E-state index in [0.29, 0.717) is 26.4 Å². The van der Waals surface area contributed by atoms with Crippen molar-refractivity contribution in [3.63, 3.8) is 0 Å². The van der Waals surface area contributed by atoms with Crippen molar-refractivity contribution in [2.24, 2.45) is 0 Å². The minimum atomic E-state index is 0.0417. The standard InChI is InChI=1S/C6H14O4.C3H4S2/c7-1-3-9-5-6-10-4-2-8;1-2-4-5-3-1/h7-8H,1-6H2;1-2H,3H2. The molecule has 0 aromatic rings. The van der Waals surface area contributed by atoms with Gasteiger partial charge in [0.15, 0.2) is 0 Å². The average Bonchev–Trinajstić information content (AvgIpc) is 2.82. The van der Waals surface area contributed by atoms with Crippen LogP contribution in [0, 0.1) is 0 Å². The molecule has 0 aromatic carbocycles. The van der Waals surface area contributed by atoms with Gasteiger partial charge in [0.25, 0.3) is 0 Å². The van der Waals surface area contributed by atoms with E-state index in [0.717, 1.165) is 0 Å². The van der Waals surface area contributed by atoms with Crippen molar-refractivity contribution in [3.8, 4) is 0 Å². The first-order chi connectivity index (χ1) is 7.41. The monoisotopic (exact) mass is 254 g/mol. The van der Waals surface area contributed by atoms with Gasteiger partial charge in [0, 0.05) is 5.75 Å². The quantitative estimate of drug-likeness (QED) is 0.520. The Morgan fingerprint density at radius 1 is 1.00 bits per heavy atom. The van der Waals surface area contributed by atoms with Crippen LogP contribution in [-0.2, 0) is 9.47 Å². The molecule has 90 valence electrons. The van der Waals surface area contributed by atoms with Crippen LogP contribution in [0.1, 0.15) is 0 Å². The lowest BCUT2D eigenvalue weighted by atomic mass is 10.7. The molecule has 0 saturated carbocycles. The third-order valence-electron chi connectivity index (χ3n) is 1.23. The average molecular weight is 254 g/mol. The zero-order chi connectivity index (χ0) is 11.2.